The number of hydrogen-bond donors (Lipinski definition) is 1. The number of benzene rings is 3. The van der Waals surface area contributed by atoms with E-state index in [-0.39, 0.29) is 5.69 Å². The molecule has 0 saturated heterocycles. The molecule has 0 aliphatic heterocycles. The number of carbonyl (C=O) groups excluding carboxylic acids is 2. The molecule has 37 heavy (non-hydrogen) atoms. The Labute approximate surface area is 215 Å². The Bertz CT molecular complexity index is 1510. The van der Waals surface area contributed by atoms with Gasteiger partial charge in [-0.3, -0.25) is 9.78 Å². The van der Waals surface area contributed by atoms with Crippen molar-refractivity contribution in [3.05, 3.63) is 106 Å². The lowest BCUT2D eigenvalue weighted by Crippen LogP contribution is -2.26. The highest BCUT2D eigenvalue weighted by Gasteiger charge is 2.34. The number of hydrogen-bond acceptors (Lipinski definition) is 4. The molecule has 1 atom stereocenters. The van der Waals surface area contributed by atoms with Crippen LogP contribution >= 0.6 is 11.6 Å². The molecule has 9 heteroatoms. The number of esters is 1. The number of fused-ring (bicyclic) bond motifs is 2. The number of ether oxygens (including phenoxy) is 1. The lowest BCUT2D eigenvalue weighted by Gasteiger charge is -2.20. The van der Waals surface area contributed by atoms with Gasteiger partial charge in [0.15, 0.2) is 0 Å². The highest BCUT2D eigenvalue weighted by molar-refractivity contribution is 6.31. The van der Waals surface area contributed by atoms with Gasteiger partial charge in [0.05, 0.1) is 21.7 Å². The predicted octanol–water partition coefficient (Wildman–Crippen LogP) is 6.93. The van der Waals surface area contributed by atoms with Crippen LogP contribution in [0.2, 0.25) is 5.02 Å². The number of aryl methyl sites for hydroxylation is 1. The molecule has 188 valence electrons. The predicted molar refractivity (Wildman–Crippen MR) is 133 cm³/mol. The summed E-state index contributed by atoms with van der Waals surface area (Å²) in [6.07, 6.45) is -3.87. The maximum atomic E-state index is 13.6. The number of carbonyl (C=O) groups is 2. The summed E-state index contributed by atoms with van der Waals surface area (Å²) in [6.45, 7) is 0. The smallest absolute Gasteiger partial charge is 0.417 e. The first-order valence-corrected chi connectivity index (χ1v) is 11.9. The van der Waals surface area contributed by atoms with Gasteiger partial charge in [-0.25, -0.2) is 4.79 Å². The Morgan fingerprint density at radius 3 is 2.46 bits per heavy atom. The third-order valence-corrected chi connectivity index (χ3v) is 6.56. The van der Waals surface area contributed by atoms with Crippen molar-refractivity contribution in [2.45, 2.75) is 31.5 Å². The average molecular weight is 525 g/mol. The van der Waals surface area contributed by atoms with E-state index in [1.807, 2.05) is 12.1 Å². The summed E-state index contributed by atoms with van der Waals surface area (Å²) < 4.78 is 45.7. The van der Waals surface area contributed by atoms with Crippen molar-refractivity contribution in [3.63, 3.8) is 0 Å². The summed E-state index contributed by atoms with van der Waals surface area (Å²) in [5.74, 6) is -1.50. The van der Waals surface area contributed by atoms with Crippen LogP contribution < -0.4 is 5.32 Å². The van der Waals surface area contributed by atoms with Crippen LogP contribution in [0.25, 0.3) is 10.9 Å². The second-order valence-electron chi connectivity index (χ2n) is 8.66. The molecular weight excluding hydrogens is 505 g/mol. The minimum absolute atomic E-state index is 0.131. The first kappa shape index (κ1) is 24.8. The average Bonchev–Trinajstić information content (AvgIpc) is 3.34. The molecule has 0 bridgehead atoms. The van der Waals surface area contributed by atoms with Crippen LogP contribution in [0.5, 0.6) is 0 Å². The lowest BCUT2D eigenvalue weighted by atomic mass is 10.0. The molecule has 3 aromatic carbocycles. The molecule has 0 radical (unpaired) electrons. The summed E-state index contributed by atoms with van der Waals surface area (Å²) in [4.78, 5) is 31.6. The minimum atomic E-state index is -4.70. The van der Waals surface area contributed by atoms with Gasteiger partial charge in [-0.15, -0.1) is 0 Å². The summed E-state index contributed by atoms with van der Waals surface area (Å²) >= 11 is 5.70. The normalized spacial score (nSPS) is 13.7. The van der Waals surface area contributed by atoms with Gasteiger partial charge in [0.25, 0.3) is 5.91 Å². The van der Waals surface area contributed by atoms with Gasteiger partial charge in [0.1, 0.15) is 0 Å². The van der Waals surface area contributed by atoms with Gasteiger partial charge in [-0.05, 0) is 49.1 Å². The maximum Gasteiger partial charge on any atom is 0.417 e. The number of aromatic nitrogens is 1. The van der Waals surface area contributed by atoms with Crippen LogP contribution in [0, 0.1) is 0 Å². The fourth-order valence-corrected chi connectivity index (χ4v) is 4.76. The van der Waals surface area contributed by atoms with Crippen molar-refractivity contribution < 1.29 is 27.5 Å². The molecule has 0 unspecified atom stereocenters. The molecule has 0 fully saturated rings. The summed E-state index contributed by atoms with van der Waals surface area (Å²) in [6, 6.07) is 18.6. The molecule has 0 spiro atoms. The van der Waals surface area contributed by atoms with Crippen molar-refractivity contribution in [1.82, 2.24) is 4.98 Å². The Morgan fingerprint density at radius 1 is 0.973 bits per heavy atom. The fraction of sp³-hybridized carbons (Fsp3) is 0.179. The second-order valence-corrected chi connectivity index (χ2v) is 9.07. The quantitative estimate of drug-likeness (QED) is 0.287. The van der Waals surface area contributed by atoms with E-state index < -0.39 is 34.7 Å². The summed E-state index contributed by atoms with van der Waals surface area (Å²) in [5.41, 5.74) is 1.78. The zero-order valence-corrected chi connectivity index (χ0v) is 20.1. The first-order valence-electron chi connectivity index (χ1n) is 11.6. The number of amides is 1. The topological polar surface area (TPSA) is 68.3 Å². The van der Waals surface area contributed by atoms with Crippen LogP contribution in [-0.4, -0.2) is 16.9 Å². The Balaban J connectivity index is 1.50. The SMILES string of the molecule is O=C(O[C@H](C(=O)Nc1ccc(Cl)c(C(F)(F)F)c1)c1ccccc1)c1c2c(nc3ccccc13)CCC2. The Hall–Kier alpha value is -3.91. The van der Waals surface area contributed by atoms with Crippen LogP contribution in [0.4, 0.5) is 18.9 Å². The zero-order chi connectivity index (χ0) is 26.2. The van der Waals surface area contributed by atoms with Gasteiger partial charge in [-0.2, -0.15) is 13.2 Å². The van der Waals surface area contributed by atoms with Gasteiger partial charge in [0, 0.05) is 22.3 Å². The molecule has 1 aromatic heterocycles. The van der Waals surface area contributed by atoms with E-state index in [1.54, 1.807) is 42.5 Å². The number of anilines is 1. The molecule has 1 amide bonds. The summed E-state index contributed by atoms with van der Waals surface area (Å²) in [7, 11) is 0. The number of halogens is 4. The van der Waals surface area contributed by atoms with E-state index in [2.05, 4.69) is 10.3 Å². The van der Waals surface area contributed by atoms with Crippen LogP contribution in [0.3, 0.4) is 0 Å². The third-order valence-electron chi connectivity index (χ3n) is 6.23. The zero-order valence-electron chi connectivity index (χ0n) is 19.3. The molecule has 1 aliphatic carbocycles. The van der Waals surface area contributed by atoms with Gasteiger partial charge in [-0.1, -0.05) is 60.1 Å². The van der Waals surface area contributed by atoms with Crippen LogP contribution in [-0.2, 0) is 28.5 Å². The highest BCUT2D eigenvalue weighted by Crippen LogP contribution is 2.37. The molecule has 1 aliphatic rings. The Kier molecular flexibility index (Phi) is 6.60. The molecule has 5 rings (SSSR count). The lowest BCUT2D eigenvalue weighted by molar-refractivity contribution is -0.137. The van der Waals surface area contributed by atoms with E-state index in [0.29, 0.717) is 28.5 Å². The number of nitrogens with zero attached hydrogens (tertiary/aromatic N) is 1. The standard InChI is InChI=1S/C28H20ClF3N2O3/c29-21-14-13-17(15-20(21)28(30,31)32)33-26(35)25(16-7-2-1-3-8-16)37-27(36)24-18-9-4-5-11-22(18)34-23-12-6-10-19(23)24/h1-5,7-9,11,13-15,25H,6,10,12H2,(H,33,35)/t25-/m0/s1. The molecule has 1 heterocycles. The van der Waals surface area contributed by atoms with E-state index in [0.717, 1.165) is 36.2 Å². The van der Waals surface area contributed by atoms with E-state index in [1.165, 1.54) is 6.07 Å². The number of rotatable bonds is 5. The highest BCUT2D eigenvalue weighted by atomic mass is 35.5. The minimum Gasteiger partial charge on any atom is -0.444 e. The van der Waals surface area contributed by atoms with Crippen LogP contribution in [0.1, 0.15) is 45.3 Å². The van der Waals surface area contributed by atoms with E-state index in [4.69, 9.17) is 16.3 Å². The molecule has 5 nitrogen and oxygen atoms in total. The number of alkyl halides is 3. The van der Waals surface area contributed by atoms with Crippen molar-refractivity contribution in [1.29, 1.82) is 0 Å². The summed E-state index contributed by atoms with van der Waals surface area (Å²) in [5, 5.41) is 2.57. The fourth-order valence-electron chi connectivity index (χ4n) is 4.54. The number of nitrogens with one attached hydrogen (secondary N) is 1. The van der Waals surface area contributed by atoms with Crippen molar-refractivity contribution in [3.8, 4) is 0 Å². The molecule has 1 N–H and O–H groups in total. The van der Waals surface area contributed by atoms with Crippen molar-refractivity contribution >= 4 is 40.1 Å². The molecule has 0 saturated carbocycles. The van der Waals surface area contributed by atoms with Crippen molar-refractivity contribution in [2.24, 2.45) is 0 Å². The monoisotopic (exact) mass is 524 g/mol. The largest absolute Gasteiger partial charge is 0.444 e. The number of pyridine rings is 1. The first-order chi connectivity index (χ1) is 17.7. The van der Waals surface area contributed by atoms with Gasteiger partial charge < -0.3 is 10.1 Å². The van der Waals surface area contributed by atoms with Gasteiger partial charge in [0.2, 0.25) is 6.10 Å². The van der Waals surface area contributed by atoms with Crippen molar-refractivity contribution in [2.75, 3.05) is 5.32 Å². The van der Waals surface area contributed by atoms with E-state index >= 15 is 0 Å². The molecular formula is C28H20ClF3N2O3. The third kappa shape index (κ3) is 5.02. The van der Waals surface area contributed by atoms with Gasteiger partial charge >= 0.3 is 12.1 Å². The maximum absolute atomic E-state index is 13.6. The Morgan fingerprint density at radius 2 is 1.70 bits per heavy atom. The molecule has 4 aromatic rings. The van der Waals surface area contributed by atoms with Crippen LogP contribution in [0.15, 0.2) is 72.8 Å². The second kappa shape index (κ2) is 9.86. The van der Waals surface area contributed by atoms with E-state index in [9.17, 15) is 22.8 Å². The number of para-hydroxylation sites is 1.